The van der Waals surface area contributed by atoms with E-state index in [0.717, 1.165) is 38.4 Å². The van der Waals surface area contributed by atoms with Gasteiger partial charge in [-0.2, -0.15) is 0 Å². The molecule has 1 saturated heterocycles. The van der Waals surface area contributed by atoms with Crippen molar-refractivity contribution in [2.24, 2.45) is 0 Å². The Hall–Kier alpha value is -1.87. The van der Waals surface area contributed by atoms with E-state index in [-0.39, 0.29) is 5.82 Å². The molecule has 1 heterocycles. The Morgan fingerprint density at radius 3 is 2.45 bits per heavy atom. The first-order chi connectivity index (χ1) is 10.6. The van der Waals surface area contributed by atoms with Gasteiger partial charge in [0.25, 0.3) is 0 Å². The van der Waals surface area contributed by atoms with E-state index in [1.807, 2.05) is 12.1 Å². The Morgan fingerprint density at radius 1 is 1.05 bits per heavy atom. The van der Waals surface area contributed by atoms with Crippen molar-refractivity contribution in [3.63, 3.8) is 0 Å². The molecule has 3 rings (SSSR count). The predicted molar refractivity (Wildman–Crippen MR) is 88.9 cm³/mol. The molecule has 0 unspecified atom stereocenters. The third-order valence-electron chi connectivity index (χ3n) is 4.60. The Bertz CT molecular complexity index is 646. The van der Waals surface area contributed by atoms with Crippen LogP contribution in [0.4, 0.5) is 10.1 Å². The van der Waals surface area contributed by atoms with Crippen molar-refractivity contribution >= 4 is 5.69 Å². The van der Waals surface area contributed by atoms with Crippen LogP contribution in [0.1, 0.15) is 16.7 Å². The highest BCUT2D eigenvalue weighted by molar-refractivity contribution is 5.47. The van der Waals surface area contributed by atoms with Crippen LogP contribution < -0.4 is 9.80 Å². The lowest BCUT2D eigenvalue weighted by atomic mass is 10.1. The van der Waals surface area contributed by atoms with E-state index in [4.69, 9.17) is 0 Å². The largest absolute Gasteiger partial charge is 0.358 e. The summed E-state index contributed by atoms with van der Waals surface area (Å²) in [5, 5.41) is 0. The standard InChI is InChI=1S/C19H23FN2/c1-15-7-8-17(16(2)13-15)14-21-9-11-22(12-10-21)19-6-4-3-5-18(19)20/h3-8,13H,9-12,14H2,1-2H3/p+1. The normalized spacial score (nSPS) is 16.0. The van der Waals surface area contributed by atoms with E-state index in [2.05, 4.69) is 36.9 Å². The summed E-state index contributed by atoms with van der Waals surface area (Å²) in [5.41, 5.74) is 4.87. The summed E-state index contributed by atoms with van der Waals surface area (Å²) in [6, 6.07) is 13.8. The van der Waals surface area contributed by atoms with Crippen LogP contribution in [0.5, 0.6) is 0 Å². The second kappa shape index (κ2) is 6.49. The van der Waals surface area contributed by atoms with Gasteiger partial charge in [-0.15, -0.1) is 0 Å². The number of nitrogens with zero attached hydrogens (tertiary/aromatic N) is 1. The van der Waals surface area contributed by atoms with Gasteiger partial charge in [0.05, 0.1) is 31.9 Å². The molecule has 1 aliphatic rings. The van der Waals surface area contributed by atoms with E-state index < -0.39 is 0 Å². The number of nitrogens with one attached hydrogen (secondary N) is 1. The number of para-hydroxylation sites is 1. The Labute approximate surface area is 132 Å². The van der Waals surface area contributed by atoms with Gasteiger partial charge in [0, 0.05) is 5.56 Å². The maximum atomic E-state index is 13.9. The number of anilines is 1. The summed E-state index contributed by atoms with van der Waals surface area (Å²) < 4.78 is 13.9. The van der Waals surface area contributed by atoms with Gasteiger partial charge in [-0.1, -0.05) is 35.9 Å². The molecule has 3 heteroatoms. The van der Waals surface area contributed by atoms with Crippen LogP contribution in [0.15, 0.2) is 42.5 Å². The van der Waals surface area contributed by atoms with Crippen LogP contribution in [0.3, 0.4) is 0 Å². The average molecular weight is 299 g/mol. The van der Waals surface area contributed by atoms with Crippen LogP contribution in [-0.4, -0.2) is 26.2 Å². The third-order valence-corrected chi connectivity index (χ3v) is 4.60. The second-order valence-electron chi connectivity index (χ2n) is 6.30. The zero-order chi connectivity index (χ0) is 15.5. The molecule has 2 aromatic carbocycles. The summed E-state index contributed by atoms with van der Waals surface area (Å²) in [4.78, 5) is 3.75. The third kappa shape index (κ3) is 3.30. The molecule has 2 nitrogen and oxygen atoms in total. The highest BCUT2D eigenvalue weighted by Crippen LogP contribution is 2.18. The summed E-state index contributed by atoms with van der Waals surface area (Å²) in [6.07, 6.45) is 0. The number of rotatable bonds is 3. The fraction of sp³-hybridized carbons (Fsp3) is 0.368. The average Bonchev–Trinajstić information content (AvgIpc) is 2.51. The Kier molecular flexibility index (Phi) is 4.44. The van der Waals surface area contributed by atoms with Gasteiger partial charge in [-0.05, 0) is 31.5 Å². The lowest BCUT2D eigenvalue weighted by Crippen LogP contribution is -3.13. The summed E-state index contributed by atoms with van der Waals surface area (Å²) in [5.74, 6) is -0.111. The number of piperazine rings is 1. The molecule has 0 spiro atoms. The molecule has 22 heavy (non-hydrogen) atoms. The summed E-state index contributed by atoms with van der Waals surface area (Å²) in [6.45, 7) is 9.34. The smallest absolute Gasteiger partial charge is 0.146 e. The molecule has 116 valence electrons. The van der Waals surface area contributed by atoms with Crippen molar-refractivity contribution in [2.45, 2.75) is 20.4 Å². The van der Waals surface area contributed by atoms with Crippen molar-refractivity contribution in [3.8, 4) is 0 Å². The number of aryl methyl sites for hydroxylation is 2. The van der Waals surface area contributed by atoms with Crippen molar-refractivity contribution < 1.29 is 9.29 Å². The molecule has 1 aliphatic heterocycles. The Balaban J connectivity index is 1.61. The highest BCUT2D eigenvalue weighted by Gasteiger charge is 2.22. The zero-order valence-corrected chi connectivity index (χ0v) is 13.4. The van der Waals surface area contributed by atoms with E-state index in [1.165, 1.54) is 16.7 Å². The number of hydrogen-bond donors (Lipinski definition) is 1. The molecule has 2 aromatic rings. The first-order valence-electron chi connectivity index (χ1n) is 8.02. The number of quaternary nitrogens is 1. The van der Waals surface area contributed by atoms with Crippen LogP contribution in [0.25, 0.3) is 0 Å². The van der Waals surface area contributed by atoms with Crippen LogP contribution in [0, 0.1) is 19.7 Å². The first-order valence-corrected chi connectivity index (χ1v) is 8.02. The summed E-state index contributed by atoms with van der Waals surface area (Å²) >= 11 is 0. The minimum atomic E-state index is -0.111. The fourth-order valence-electron chi connectivity index (χ4n) is 3.26. The first kappa shape index (κ1) is 15.0. The topological polar surface area (TPSA) is 7.68 Å². The minimum Gasteiger partial charge on any atom is -0.358 e. The van der Waals surface area contributed by atoms with Gasteiger partial charge in [0.2, 0.25) is 0 Å². The predicted octanol–water partition coefficient (Wildman–Crippen LogP) is 2.35. The van der Waals surface area contributed by atoms with Crippen molar-refractivity contribution in [2.75, 3.05) is 31.1 Å². The molecule has 0 aromatic heterocycles. The SMILES string of the molecule is Cc1ccc(C[NH+]2CCN(c3ccccc3F)CC2)c(C)c1. The molecule has 0 saturated carbocycles. The molecule has 0 aliphatic carbocycles. The molecular formula is C19H24FN2+. The number of halogens is 1. The second-order valence-corrected chi connectivity index (χ2v) is 6.30. The van der Waals surface area contributed by atoms with E-state index >= 15 is 0 Å². The molecule has 1 fully saturated rings. The van der Waals surface area contributed by atoms with Gasteiger partial charge in [-0.25, -0.2) is 4.39 Å². The number of benzene rings is 2. The number of hydrogen-bond acceptors (Lipinski definition) is 1. The minimum absolute atomic E-state index is 0.111. The Morgan fingerprint density at radius 2 is 1.77 bits per heavy atom. The molecule has 0 amide bonds. The fourth-order valence-corrected chi connectivity index (χ4v) is 3.26. The van der Waals surface area contributed by atoms with Crippen LogP contribution in [0.2, 0.25) is 0 Å². The van der Waals surface area contributed by atoms with Crippen molar-refractivity contribution in [1.29, 1.82) is 0 Å². The van der Waals surface area contributed by atoms with Crippen molar-refractivity contribution in [1.82, 2.24) is 0 Å². The molecular weight excluding hydrogens is 275 g/mol. The lowest BCUT2D eigenvalue weighted by molar-refractivity contribution is -0.914. The van der Waals surface area contributed by atoms with Gasteiger partial charge in [-0.3, -0.25) is 0 Å². The molecule has 0 atom stereocenters. The maximum absolute atomic E-state index is 13.9. The highest BCUT2D eigenvalue weighted by atomic mass is 19.1. The van der Waals surface area contributed by atoms with E-state index in [9.17, 15) is 4.39 Å². The van der Waals surface area contributed by atoms with E-state index in [1.54, 1.807) is 17.0 Å². The molecule has 1 N–H and O–H groups in total. The van der Waals surface area contributed by atoms with Crippen LogP contribution >= 0.6 is 0 Å². The monoisotopic (exact) mass is 299 g/mol. The molecule has 0 bridgehead atoms. The van der Waals surface area contributed by atoms with Gasteiger partial charge >= 0.3 is 0 Å². The van der Waals surface area contributed by atoms with Crippen molar-refractivity contribution in [3.05, 3.63) is 65.0 Å². The van der Waals surface area contributed by atoms with E-state index in [0.29, 0.717) is 0 Å². The zero-order valence-electron chi connectivity index (χ0n) is 13.4. The summed E-state index contributed by atoms with van der Waals surface area (Å²) in [7, 11) is 0. The van der Waals surface area contributed by atoms with Gasteiger partial charge < -0.3 is 9.80 Å². The van der Waals surface area contributed by atoms with Gasteiger partial charge in [0.15, 0.2) is 0 Å². The van der Waals surface area contributed by atoms with Crippen LogP contribution in [-0.2, 0) is 6.54 Å². The quantitative estimate of drug-likeness (QED) is 0.914. The molecule has 0 radical (unpaired) electrons. The van der Waals surface area contributed by atoms with Gasteiger partial charge in [0.1, 0.15) is 12.4 Å². The maximum Gasteiger partial charge on any atom is 0.146 e. The lowest BCUT2D eigenvalue weighted by Gasteiger charge is -2.34.